The van der Waals surface area contributed by atoms with Crippen LogP contribution in [0.4, 0.5) is 11.5 Å². The molecule has 19 heavy (non-hydrogen) atoms. The van der Waals surface area contributed by atoms with E-state index in [2.05, 4.69) is 15.5 Å². The van der Waals surface area contributed by atoms with Gasteiger partial charge in [0.1, 0.15) is 10.8 Å². The van der Waals surface area contributed by atoms with Crippen LogP contribution in [0.25, 0.3) is 0 Å². The van der Waals surface area contributed by atoms with Gasteiger partial charge in [0.05, 0.1) is 16.1 Å². The average Bonchev–Trinajstić information content (AvgIpc) is 2.84. The standard InChI is InChI=1S/C10H6Cl2N4O3/c11-6-3-5(4-7(9(6)12)16(18)19)10(17)14-8-1-2-13-15-8/h1-4H,(H2,13,14,15,17). The van der Waals surface area contributed by atoms with Crippen molar-refractivity contribution in [3.8, 4) is 0 Å². The highest BCUT2D eigenvalue weighted by molar-refractivity contribution is 6.43. The Balaban J connectivity index is 2.35. The number of nitrogens with zero attached hydrogens (tertiary/aromatic N) is 2. The van der Waals surface area contributed by atoms with E-state index in [1.807, 2.05) is 0 Å². The molecular formula is C10H6Cl2N4O3. The lowest BCUT2D eigenvalue weighted by Gasteiger charge is -2.04. The van der Waals surface area contributed by atoms with Crippen molar-refractivity contribution < 1.29 is 9.72 Å². The monoisotopic (exact) mass is 300 g/mol. The molecule has 2 rings (SSSR count). The summed E-state index contributed by atoms with van der Waals surface area (Å²) >= 11 is 11.4. The normalized spacial score (nSPS) is 10.2. The molecule has 1 heterocycles. The van der Waals surface area contributed by atoms with Crippen LogP contribution in [-0.4, -0.2) is 21.0 Å². The fourth-order valence-corrected chi connectivity index (χ4v) is 1.75. The summed E-state index contributed by atoms with van der Waals surface area (Å²) in [6.07, 6.45) is 1.45. The van der Waals surface area contributed by atoms with Crippen LogP contribution >= 0.6 is 23.2 Å². The number of hydrogen-bond donors (Lipinski definition) is 2. The number of halogens is 2. The lowest BCUT2D eigenvalue weighted by atomic mass is 10.2. The quantitative estimate of drug-likeness (QED) is 0.672. The molecule has 0 atom stereocenters. The molecule has 0 aliphatic carbocycles. The first-order valence-electron chi connectivity index (χ1n) is 4.93. The fraction of sp³-hybridized carbons (Fsp3) is 0. The Kier molecular flexibility index (Phi) is 3.68. The number of anilines is 1. The van der Waals surface area contributed by atoms with Crippen LogP contribution in [0, 0.1) is 10.1 Å². The maximum atomic E-state index is 11.9. The summed E-state index contributed by atoms with van der Waals surface area (Å²) in [5.74, 6) is -0.204. The Morgan fingerprint density at radius 2 is 2.16 bits per heavy atom. The zero-order chi connectivity index (χ0) is 14.0. The lowest BCUT2D eigenvalue weighted by Crippen LogP contribution is -2.12. The number of rotatable bonds is 3. The fourth-order valence-electron chi connectivity index (χ4n) is 1.36. The lowest BCUT2D eigenvalue weighted by molar-refractivity contribution is -0.384. The second-order valence-electron chi connectivity index (χ2n) is 3.47. The predicted octanol–water partition coefficient (Wildman–Crippen LogP) is 2.88. The largest absolute Gasteiger partial charge is 0.307 e. The van der Waals surface area contributed by atoms with Crippen molar-refractivity contribution in [3.05, 3.63) is 50.1 Å². The number of benzene rings is 1. The first kappa shape index (κ1) is 13.3. The summed E-state index contributed by atoms with van der Waals surface area (Å²) in [4.78, 5) is 21.9. The molecule has 98 valence electrons. The van der Waals surface area contributed by atoms with Gasteiger partial charge in [-0.1, -0.05) is 23.2 Å². The highest BCUT2D eigenvalue weighted by atomic mass is 35.5. The molecule has 0 aliphatic rings. The smallest absolute Gasteiger partial charge is 0.290 e. The number of H-pyrrole nitrogens is 1. The average molecular weight is 301 g/mol. The van der Waals surface area contributed by atoms with Crippen LogP contribution in [0.1, 0.15) is 10.4 Å². The van der Waals surface area contributed by atoms with Crippen LogP contribution < -0.4 is 5.32 Å². The molecule has 1 amide bonds. The van der Waals surface area contributed by atoms with E-state index in [0.717, 1.165) is 6.07 Å². The number of carbonyl (C=O) groups excluding carboxylic acids is 1. The zero-order valence-electron chi connectivity index (χ0n) is 9.18. The van der Waals surface area contributed by atoms with Gasteiger partial charge < -0.3 is 5.32 Å². The third kappa shape index (κ3) is 2.83. The molecule has 2 aromatic rings. The third-order valence-electron chi connectivity index (χ3n) is 2.22. The second-order valence-corrected chi connectivity index (χ2v) is 4.26. The molecule has 0 radical (unpaired) electrons. The summed E-state index contributed by atoms with van der Waals surface area (Å²) in [6.45, 7) is 0. The number of nitrogens with one attached hydrogen (secondary N) is 2. The summed E-state index contributed by atoms with van der Waals surface area (Å²) in [6, 6.07) is 3.84. The maximum absolute atomic E-state index is 11.9. The van der Waals surface area contributed by atoms with Gasteiger partial charge in [-0.05, 0) is 6.07 Å². The van der Waals surface area contributed by atoms with E-state index in [1.54, 1.807) is 0 Å². The SMILES string of the molecule is O=C(Nc1ccn[nH]1)c1cc(Cl)c(Cl)c([N+](=O)[O-])c1. The van der Waals surface area contributed by atoms with E-state index in [0.29, 0.717) is 5.82 Å². The first-order chi connectivity index (χ1) is 8.99. The Bertz CT molecular complexity index is 642. The van der Waals surface area contributed by atoms with Gasteiger partial charge in [0.25, 0.3) is 11.6 Å². The highest BCUT2D eigenvalue weighted by Crippen LogP contribution is 2.33. The topological polar surface area (TPSA) is 101 Å². The maximum Gasteiger partial charge on any atom is 0.290 e. The Morgan fingerprint density at radius 3 is 2.74 bits per heavy atom. The molecule has 0 aliphatic heterocycles. The summed E-state index contributed by atoms with van der Waals surface area (Å²) in [5, 5.41) is 19.2. The van der Waals surface area contributed by atoms with Gasteiger partial charge in [-0.2, -0.15) is 5.10 Å². The summed E-state index contributed by atoms with van der Waals surface area (Å²) < 4.78 is 0. The van der Waals surface area contributed by atoms with E-state index in [4.69, 9.17) is 23.2 Å². The number of aromatic amines is 1. The first-order valence-corrected chi connectivity index (χ1v) is 5.69. The number of aromatic nitrogens is 2. The van der Waals surface area contributed by atoms with Crippen molar-refractivity contribution in [3.63, 3.8) is 0 Å². The number of carbonyl (C=O) groups is 1. The van der Waals surface area contributed by atoms with Gasteiger partial charge in [-0.15, -0.1) is 0 Å². The second kappa shape index (κ2) is 5.25. The van der Waals surface area contributed by atoms with Crippen molar-refractivity contribution in [2.24, 2.45) is 0 Å². The third-order valence-corrected chi connectivity index (χ3v) is 3.01. The molecule has 9 heteroatoms. The van der Waals surface area contributed by atoms with Gasteiger partial charge >= 0.3 is 0 Å². The molecule has 0 fully saturated rings. The van der Waals surface area contributed by atoms with Gasteiger partial charge in [-0.25, -0.2) is 0 Å². The molecule has 7 nitrogen and oxygen atoms in total. The van der Waals surface area contributed by atoms with Crippen molar-refractivity contribution in [1.82, 2.24) is 10.2 Å². The van der Waals surface area contributed by atoms with Gasteiger partial charge in [0, 0.05) is 17.7 Å². The van der Waals surface area contributed by atoms with Crippen LogP contribution in [0.3, 0.4) is 0 Å². The number of amides is 1. The molecule has 1 aromatic carbocycles. The minimum absolute atomic E-state index is 0.0238. The Labute approximate surface area is 116 Å². The summed E-state index contributed by atoms with van der Waals surface area (Å²) in [7, 11) is 0. The molecule has 2 N–H and O–H groups in total. The van der Waals surface area contributed by atoms with Crippen molar-refractivity contribution in [1.29, 1.82) is 0 Å². The zero-order valence-corrected chi connectivity index (χ0v) is 10.7. The van der Waals surface area contributed by atoms with Crippen molar-refractivity contribution in [2.45, 2.75) is 0 Å². The molecule has 0 saturated carbocycles. The predicted molar refractivity (Wildman–Crippen MR) is 69.7 cm³/mol. The molecule has 0 spiro atoms. The van der Waals surface area contributed by atoms with Crippen LogP contribution in [0.5, 0.6) is 0 Å². The van der Waals surface area contributed by atoms with E-state index in [1.165, 1.54) is 18.3 Å². The highest BCUT2D eigenvalue weighted by Gasteiger charge is 2.20. The number of nitro groups is 1. The van der Waals surface area contributed by atoms with E-state index >= 15 is 0 Å². The number of hydrogen-bond acceptors (Lipinski definition) is 4. The van der Waals surface area contributed by atoms with E-state index in [-0.39, 0.29) is 15.6 Å². The Hall–Kier alpha value is -2.12. The van der Waals surface area contributed by atoms with E-state index < -0.39 is 16.5 Å². The molecular weight excluding hydrogens is 295 g/mol. The van der Waals surface area contributed by atoms with E-state index in [9.17, 15) is 14.9 Å². The van der Waals surface area contributed by atoms with Crippen molar-refractivity contribution in [2.75, 3.05) is 5.32 Å². The summed E-state index contributed by atoms with van der Waals surface area (Å²) in [5.41, 5.74) is -0.403. The van der Waals surface area contributed by atoms with Crippen LogP contribution in [0.15, 0.2) is 24.4 Å². The van der Waals surface area contributed by atoms with Crippen molar-refractivity contribution >= 4 is 40.6 Å². The van der Waals surface area contributed by atoms with Crippen LogP contribution in [0.2, 0.25) is 10.0 Å². The molecule has 1 aromatic heterocycles. The minimum Gasteiger partial charge on any atom is -0.307 e. The van der Waals surface area contributed by atoms with Gasteiger partial charge in [0.2, 0.25) is 0 Å². The molecule has 0 saturated heterocycles. The minimum atomic E-state index is -0.707. The van der Waals surface area contributed by atoms with Crippen LogP contribution in [-0.2, 0) is 0 Å². The van der Waals surface area contributed by atoms with Gasteiger partial charge in [-0.3, -0.25) is 20.0 Å². The number of nitro benzene ring substituents is 1. The van der Waals surface area contributed by atoms with Gasteiger partial charge in [0.15, 0.2) is 0 Å². The molecule has 0 unspecified atom stereocenters. The molecule has 0 bridgehead atoms. The Morgan fingerprint density at radius 1 is 1.42 bits per heavy atom.